The number of carbonyl (C=O) groups is 1. The molecule has 1 aliphatic heterocycles. The second kappa shape index (κ2) is 7.63. The van der Waals surface area contributed by atoms with Crippen LogP contribution in [0.25, 0.3) is 21.6 Å². The summed E-state index contributed by atoms with van der Waals surface area (Å²) < 4.78 is 10.7. The van der Waals surface area contributed by atoms with E-state index in [4.69, 9.17) is 25.2 Å². The van der Waals surface area contributed by atoms with Crippen molar-refractivity contribution in [2.45, 2.75) is 25.9 Å². The number of carbonyl (C=O) groups excluding carboxylic acids is 1. The Morgan fingerprint density at radius 3 is 2.71 bits per heavy atom. The molecule has 0 aliphatic carbocycles. The van der Waals surface area contributed by atoms with Gasteiger partial charge in [0.2, 0.25) is 0 Å². The topological polar surface area (TPSA) is 90.6 Å². The molecule has 0 unspecified atom stereocenters. The van der Waals surface area contributed by atoms with Gasteiger partial charge in [0.1, 0.15) is 22.5 Å². The van der Waals surface area contributed by atoms with Crippen LogP contribution in [0.5, 0.6) is 5.75 Å². The van der Waals surface area contributed by atoms with Crippen LogP contribution in [0.4, 0.5) is 10.6 Å². The maximum atomic E-state index is 11.0. The summed E-state index contributed by atoms with van der Waals surface area (Å²) in [4.78, 5) is 23.9. The van der Waals surface area contributed by atoms with Gasteiger partial charge in [-0.3, -0.25) is 0 Å². The van der Waals surface area contributed by atoms with Crippen molar-refractivity contribution in [1.29, 1.82) is 0 Å². The zero-order valence-corrected chi connectivity index (χ0v) is 16.7. The molecule has 2 aromatic heterocycles. The number of hydrogen-bond acceptors (Lipinski definition) is 7. The summed E-state index contributed by atoms with van der Waals surface area (Å²) in [5.74, 6) is 2.31. The van der Waals surface area contributed by atoms with Crippen molar-refractivity contribution >= 4 is 33.5 Å². The highest BCUT2D eigenvalue weighted by Crippen LogP contribution is 2.37. The molecule has 0 bridgehead atoms. The van der Waals surface area contributed by atoms with Crippen LogP contribution in [0.15, 0.2) is 29.6 Å². The average molecular weight is 398 g/mol. The predicted octanol–water partition coefficient (Wildman–Crippen LogP) is 3.74. The maximum Gasteiger partial charge on any atom is 0.404 e. The van der Waals surface area contributed by atoms with Crippen molar-refractivity contribution < 1.29 is 14.3 Å². The molecule has 7 nitrogen and oxygen atoms in total. The Kier molecular flexibility index (Phi) is 5.04. The van der Waals surface area contributed by atoms with Crippen LogP contribution in [0.2, 0.25) is 0 Å². The Labute approximate surface area is 167 Å². The van der Waals surface area contributed by atoms with Crippen molar-refractivity contribution in [3.05, 3.63) is 35.2 Å². The SMILES string of the molecule is COc1ccccc1-c1nc(N2CCC(OC(N)=O)CC2)c2c(C)csc2n1. The number of aromatic nitrogens is 2. The van der Waals surface area contributed by atoms with Gasteiger partial charge in [0.05, 0.1) is 18.1 Å². The minimum atomic E-state index is -0.713. The lowest BCUT2D eigenvalue weighted by Crippen LogP contribution is -2.39. The van der Waals surface area contributed by atoms with Crippen molar-refractivity contribution in [1.82, 2.24) is 9.97 Å². The number of para-hydroxylation sites is 1. The Balaban J connectivity index is 1.73. The highest BCUT2D eigenvalue weighted by atomic mass is 32.1. The predicted molar refractivity (Wildman–Crippen MR) is 110 cm³/mol. The van der Waals surface area contributed by atoms with Crippen molar-refractivity contribution in [3.8, 4) is 17.1 Å². The van der Waals surface area contributed by atoms with Gasteiger partial charge in [-0.05, 0) is 30.0 Å². The number of nitrogens with two attached hydrogens (primary N) is 1. The van der Waals surface area contributed by atoms with E-state index in [9.17, 15) is 4.79 Å². The fourth-order valence-electron chi connectivity index (χ4n) is 3.59. The smallest absolute Gasteiger partial charge is 0.404 e. The first-order chi connectivity index (χ1) is 13.6. The molecule has 1 amide bonds. The van der Waals surface area contributed by atoms with E-state index in [1.54, 1.807) is 18.4 Å². The Morgan fingerprint density at radius 1 is 1.25 bits per heavy atom. The molecule has 3 heterocycles. The number of aryl methyl sites for hydroxylation is 1. The molecule has 4 rings (SSSR count). The first-order valence-corrected chi connectivity index (χ1v) is 10.0. The van der Waals surface area contributed by atoms with Gasteiger partial charge >= 0.3 is 6.09 Å². The highest BCUT2D eigenvalue weighted by molar-refractivity contribution is 7.17. The van der Waals surface area contributed by atoms with Gasteiger partial charge in [0.25, 0.3) is 0 Å². The van der Waals surface area contributed by atoms with Gasteiger partial charge in [-0.1, -0.05) is 12.1 Å². The summed E-state index contributed by atoms with van der Waals surface area (Å²) in [5.41, 5.74) is 7.19. The zero-order chi connectivity index (χ0) is 19.7. The van der Waals surface area contributed by atoms with Gasteiger partial charge in [0.15, 0.2) is 5.82 Å². The molecule has 1 fully saturated rings. The summed E-state index contributed by atoms with van der Waals surface area (Å²) in [6, 6.07) is 7.77. The minimum Gasteiger partial charge on any atom is -0.496 e. The van der Waals surface area contributed by atoms with E-state index in [0.717, 1.165) is 58.8 Å². The van der Waals surface area contributed by atoms with E-state index in [1.807, 2.05) is 24.3 Å². The number of rotatable bonds is 4. The largest absolute Gasteiger partial charge is 0.496 e. The van der Waals surface area contributed by atoms with Gasteiger partial charge < -0.3 is 20.1 Å². The van der Waals surface area contributed by atoms with Crippen LogP contribution < -0.4 is 15.4 Å². The summed E-state index contributed by atoms with van der Waals surface area (Å²) in [6.45, 7) is 3.56. The number of benzene rings is 1. The molecule has 0 spiro atoms. The number of thiophene rings is 1. The number of piperidine rings is 1. The van der Waals surface area contributed by atoms with Crippen LogP contribution in [0.1, 0.15) is 18.4 Å². The molecular weight excluding hydrogens is 376 g/mol. The quantitative estimate of drug-likeness (QED) is 0.720. The van der Waals surface area contributed by atoms with Gasteiger partial charge in [-0.2, -0.15) is 0 Å². The van der Waals surface area contributed by atoms with Crippen molar-refractivity contribution in [2.75, 3.05) is 25.1 Å². The summed E-state index contributed by atoms with van der Waals surface area (Å²) in [6.07, 6.45) is 0.599. The van der Waals surface area contributed by atoms with E-state index in [2.05, 4.69) is 17.2 Å². The van der Waals surface area contributed by atoms with E-state index >= 15 is 0 Å². The Morgan fingerprint density at radius 2 is 2.00 bits per heavy atom. The molecule has 1 aromatic carbocycles. The van der Waals surface area contributed by atoms with Gasteiger partial charge in [-0.25, -0.2) is 14.8 Å². The fraction of sp³-hybridized carbons (Fsp3) is 0.350. The Bertz CT molecular complexity index is 1010. The number of anilines is 1. The first-order valence-electron chi connectivity index (χ1n) is 9.17. The molecular formula is C20H22N4O3S. The van der Waals surface area contributed by atoms with E-state index in [1.165, 1.54) is 0 Å². The lowest BCUT2D eigenvalue weighted by atomic mass is 10.1. The lowest BCUT2D eigenvalue weighted by molar-refractivity contribution is 0.0912. The molecule has 2 N–H and O–H groups in total. The van der Waals surface area contributed by atoms with Gasteiger partial charge in [0, 0.05) is 25.9 Å². The average Bonchev–Trinajstić information content (AvgIpc) is 3.08. The number of hydrogen-bond donors (Lipinski definition) is 1. The summed E-state index contributed by atoms with van der Waals surface area (Å²) in [7, 11) is 1.65. The molecule has 0 saturated carbocycles. The number of ether oxygens (including phenoxy) is 2. The Hall–Kier alpha value is -2.87. The summed E-state index contributed by atoms with van der Waals surface area (Å²) >= 11 is 1.62. The van der Waals surface area contributed by atoms with E-state index in [0.29, 0.717) is 5.82 Å². The monoisotopic (exact) mass is 398 g/mol. The third kappa shape index (κ3) is 3.47. The second-order valence-electron chi connectivity index (χ2n) is 6.79. The molecule has 3 aromatic rings. The zero-order valence-electron chi connectivity index (χ0n) is 15.8. The highest BCUT2D eigenvalue weighted by Gasteiger charge is 2.26. The first kappa shape index (κ1) is 18.5. The van der Waals surface area contributed by atoms with Crippen LogP contribution in [0.3, 0.4) is 0 Å². The molecule has 0 atom stereocenters. The third-order valence-electron chi connectivity index (χ3n) is 4.97. The molecule has 146 valence electrons. The van der Waals surface area contributed by atoms with E-state index in [-0.39, 0.29) is 6.10 Å². The van der Waals surface area contributed by atoms with Gasteiger partial charge in [-0.15, -0.1) is 11.3 Å². The van der Waals surface area contributed by atoms with Crippen LogP contribution in [-0.2, 0) is 4.74 Å². The van der Waals surface area contributed by atoms with Crippen LogP contribution in [-0.4, -0.2) is 42.4 Å². The van der Waals surface area contributed by atoms with E-state index < -0.39 is 6.09 Å². The molecule has 8 heteroatoms. The molecule has 0 radical (unpaired) electrons. The number of methoxy groups -OCH3 is 1. The standard InChI is InChI=1S/C20H22N4O3S/c1-12-11-28-19-16(12)18(24-9-7-13(8-10-24)27-20(21)25)22-17(23-19)14-5-3-4-6-15(14)26-2/h3-6,11,13H,7-10H2,1-2H3,(H2,21,25). The maximum absolute atomic E-state index is 11.0. The normalized spacial score (nSPS) is 15.0. The number of amides is 1. The third-order valence-corrected chi connectivity index (χ3v) is 5.96. The molecule has 1 aliphatic rings. The van der Waals surface area contributed by atoms with Crippen molar-refractivity contribution in [2.24, 2.45) is 5.73 Å². The second-order valence-corrected chi connectivity index (χ2v) is 7.65. The lowest BCUT2D eigenvalue weighted by Gasteiger charge is -2.32. The van der Waals surface area contributed by atoms with Crippen LogP contribution >= 0.6 is 11.3 Å². The number of fused-ring (bicyclic) bond motifs is 1. The fourth-order valence-corrected chi connectivity index (χ4v) is 4.51. The number of nitrogens with zero attached hydrogens (tertiary/aromatic N) is 3. The summed E-state index contributed by atoms with van der Waals surface area (Å²) in [5, 5.41) is 3.19. The number of primary amides is 1. The molecule has 1 saturated heterocycles. The minimum absolute atomic E-state index is 0.136. The molecule has 28 heavy (non-hydrogen) atoms. The van der Waals surface area contributed by atoms with Crippen molar-refractivity contribution in [3.63, 3.8) is 0 Å². The van der Waals surface area contributed by atoms with Crippen LogP contribution in [0, 0.1) is 6.92 Å².